The Morgan fingerprint density at radius 3 is 2.48 bits per heavy atom. The molecule has 21 heavy (non-hydrogen) atoms. The summed E-state index contributed by atoms with van der Waals surface area (Å²) < 4.78 is 5.52. The summed E-state index contributed by atoms with van der Waals surface area (Å²) in [5.74, 6) is 0.841. The molecule has 2 saturated heterocycles. The fourth-order valence-electron chi connectivity index (χ4n) is 3.61. The van der Waals surface area contributed by atoms with Gasteiger partial charge in [0.05, 0.1) is 12.0 Å². The van der Waals surface area contributed by atoms with Gasteiger partial charge >= 0.3 is 5.97 Å². The number of hydrogen-bond acceptors (Lipinski definition) is 3. The van der Waals surface area contributed by atoms with Gasteiger partial charge < -0.3 is 10.1 Å². The summed E-state index contributed by atoms with van der Waals surface area (Å²) in [5, 5.41) is 3.07. The SMILES string of the molecule is CCCCC(C)C1CC(C2CC(C(C)C)C(=O)O2)NC1=O. The largest absolute Gasteiger partial charge is 0.460 e. The molecule has 2 heterocycles. The molecule has 0 aliphatic carbocycles. The molecule has 0 aromatic heterocycles. The first-order valence-electron chi connectivity index (χ1n) is 8.44. The standard InChI is InChI=1S/C17H29NO3/c1-5-6-7-11(4)13-8-14(18-16(13)19)15-9-12(10(2)3)17(20)21-15/h10-15H,5-9H2,1-4H3,(H,18,19). The fourth-order valence-corrected chi connectivity index (χ4v) is 3.61. The Bertz CT molecular complexity index is 393. The summed E-state index contributed by atoms with van der Waals surface area (Å²) in [5.41, 5.74) is 0. The highest BCUT2D eigenvalue weighted by molar-refractivity contribution is 5.82. The van der Waals surface area contributed by atoms with Gasteiger partial charge in [0.1, 0.15) is 6.10 Å². The van der Waals surface area contributed by atoms with E-state index < -0.39 is 0 Å². The molecule has 0 aromatic rings. The third kappa shape index (κ3) is 3.58. The molecule has 2 fully saturated rings. The minimum Gasteiger partial charge on any atom is -0.460 e. The van der Waals surface area contributed by atoms with Crippen molar-refractivity contribution in [3.8, 4) is 0 Å². The minimum atomic E-state index is -0.128. The molecule has 0 saturated carbocycles. The predicted molar refractivity (Wildman–Crippen MR) is 81.6 cm³/mol. The van der Waals surface area contributed by atoms with Crippen LogP contribution in [0, 0.1) is 23.7 Å². The van der Waals surface area contributed by atoms with E-state index in [4.69, 9.17) is 4.74 Å². The number of nitrogens with one attached hydrogen (secondary N) is 1. The highest BCUT2D eigenvalue weighted by Gasteiger charge is 2.45. The summed E-state index contributed by atoms with van der Waals surface area (Å²) in [6, 6.07) is 0.0132. The lowest BCUT2D eigenvalue weighted by atomic mass is 9.85. The Hall–Kier alpha value is -1.06. The maximum atomic E-state index is 12.2. The van der Waals surface area contributed by atoms with Gasteiger partial charge in [0, 0.05) is 5.92 Å². The van der Waals surface area contributed by atoms with Crippen molar-refractivity contribution >= 4 is 11.9 Å². The molecule has 1 amide bonds. The number of amides is 1. The van der Waals surface area contributed by atoms with E-state index in [9.17, 15) is 9.59 Å². The number of hydrogen-bond donors (Lipinski definition) is 1. The van der Waals surface area contributed by atoms with Gasteiger partial charge in [-0.25, -0.2) is 0 Å². The molecule has 1 N–H and O–H groups in total. The molecule has 5 unspecified atom stereocenters. The number of ether oxygens (including phenoxy) is 1. The van der Waals surface area contributed by atoms with Gasteiger partial charge in [-0.1, -0.05) is 40.5 Å². The third-order valence-electron chi connectivity index (χ3n) is 5.18. The lowest BCUT2D eigenvalue weighted by Gasteiger charge is -2.18. The van der Waals surface area contributed by atoms with Crippen molar-refractivity contribution in [3.63, 3.8) is 0 Å². The summed E-state index contributed by atoms with van der Waals surface area (Å²) >= 11 is 0. The van der Waals surface area contributed by atoms with Gasteiger partial charge in [0.15, 0.2) is 0 Å². The zero-order valence-corrected chi connectivity index (χ0v) is 13.7. The molecule has 0 bridgehead atoms. The lowest BCUT2D eigenvalue weighted by molar-refractivity contribution is -0.146. The van der Waals surface area contributed by atoms with Crippen molar-refractivity contribution in [2.45, 2.75) is 71.9 Å². The van der Waals surface area contributed by atoms with E-state index in [0.29, 0.717) is 11.8 Å². The molecule has 2 rings (SSSR count). The number of carbonyl (C=O) groups is 2. The quantitative estimate of drug-likeness (QED) is 0.767. The molecule has 120 valence electrons. The fraction of sp³-hybridized carbons (Fsp3) is 0.882. The number of rotatable bonds is 6. The highest BCUT2D eigenvalue weighted by atomic mass is 16.6. The Morgan fingerprint density at radius 1 is 1.19 bits per heavy atom. The number of carbonyl (C=O) groups excluding carboxylic acids is 2. The van der Waals surface area contributed by atoms with Crippen molar-refractivity contribution in [2.24, 2.45) is 23.7 Å². The molecular weight excluding hydrogens is 266 g/mol. The van der Waals surface area contributed by atoms with Crippen LogP contribution in [0.25, 0.3) is 0 Å². The average Bonchev–Trinajstić information content (AvgIpc) is 2.99. The minimum absolute atomic E-state index is 0.0107. The van der Waals surface area contributed by atoms with E-state index in [-0.39, 0.29) is 35.9 Å². The highest BCUT2D eigenvalue weighted by Crippen LogP contribution is 2.35. The zero-order valence-electron chi connectivity index (χ0n) is 13.7. The van der Waals surface area contributed by atoms with Gasteiger partial charge in [-0.3, -0.25) is 9.59 Å². The first-order chi connectivity index (χ1) is 9.93. The molecule has 0 radical (unpaired) electrons. The third-order valence-corrected chi connectivity index (χ3v) is 5.18. The Balaban J connectivity index is 1.92. The van der Waals surface area contributed by atoms with Crippen LogP contribution in [0.15, 0.2) is 0 Å². The van der Waals surface area contributed by atoms with Crippen LogP contribution in [0.5, 0.6) is 0 Å². The van der Waals surface area contributed by atoms with E-state index in [0.717, 1.165) is 19.3 Å². The van der Waals surface area contributed by atoms with Crippen molar-refractivity contribution in [2.75, 3.05) is 0 Å². The molecule has 4 nitrogen and oxygen atoms in total. The summed E-state index contributed by atoms with van der Waals surface area (Å²) in [6.45, 7) is 8.45. The normalized spacial score (nSPS) is 34.1. The van der Waals surface area contributed by atoms with Crippen LogP contribution in [0.1, 0.15) is 59.8 Å². The number of esters is 1. The summed E-state index contributed by atoms with van der Waals surface area (Å²) in [6.07, 6.45) is 4.86. The van der Waals surface area contributed by atoms with E-state index in [2.05, 4.69) is 33.0 Å². The molecule has 0 aromatic carbocycles. The van der Waals surface area contributed by atoms with Gasteiger partial charge in [-0.15, -0.1) is 0 Å². The second-order valence-electron chi connectivity index (χ2n) is 7.14. The van der Waals surface area contributed by atoms with Crippen molar-refractivity contribution in [1.29, 1.82) is 0 Å². The van der Waals surface area contributed by atoms with E-state index >= 15 is 0 Å². The predicted octanol–water partition coefficient (Wildman–Crippen LogP) is 2.91. The van der Waals surface area contributed by atoms with E-state index in [1.54, 1.807) is 0 Å². The molecule has 2 aliphatic rings. The van der Waals surface area contributed by atoms with Crippen molar-refractivity contribution < 1.29 is 14.3 Å². The second kappa shape index (κ2) is 6.80. The first-order valence-corrected chi connectivity index (χ1v) is 8.44. The molecule has 2 aliphatic heterocycles. The second-order valence-corrected chi connectivity index (χ2v) is 7.14. The summed E-state index contributed by atoms with van der Waals surface area (Å²) in [4.78, 5) is 24.1. The molecule has 0 spiro atoms. The topological polar surface area (TPSA) is 55.4 Å². The van der Waals surface area contributed by atoms with Gasteiger partial charge in [0.2, 0.25) is 5.91 Å². The van der Waals surface area contributed by atoms with E-state index in [1.807, 2.05) is 0 Å². The van der Waals surface area contributed by atoms with Crippen LogP contribution < -0.4 is 5.32 Å². The van der Waals surface area contributed by atoms with Crippen LogP contribution in [0.3, 0.4) is 0 Å². The smallest absolute Gasteiger partial charge is 0.309 e. The monoisotopic (exact) mass is 295 g/mol. The number of unbranched alkanes of at least 4 members (excludes halogenated alkanes) is 1. The number of cyclic esters (lactones) is 1. The maximum Gasteiger partial charge on any atom is 0.309 e. The Labute approximate surface area is 128 Å². The van der Waals surface area contributed by atoms with Crippen LogP contribution in [0.4, 0.5) is 0 Å². The zero-order chi connectivity index (χ0) is 15.6. The Morgan fingerprint density at radius 2 is 1.90 bits per heavy atom. The van der Waals surface area contributed by atoms with Gasteiger partial charge in [0.25, 0.3) is 0 Å². The molecule has 4 heteroatoms. The van der Waals surface area contributed by atoms with Crippen LogP contribution in [0.2, 0.25) is 0 Å². The van der Waals surface area contributed by atoms with Crippen LogP contribution in [-0.4, -0.2) is 24.0 Å². The Kier molecular flexibility index (Phi) is 5.28. The van der Waals surface area contributed by atoms with Crippen molar-refractivity contribution in [3.05, 3.63) is 0 Å². The first kappa shape index (κ1) is 16.3. The average molecular weight is 295 g/mol. The van der Waals surface area contributed by atoms with Crippen molar-refractivity contribution in [1.82, 2.24) is 5.32 Å². The van der Waals surface area contributed by atoms with E-state index in [1.165, 1.54) is 12.8 Å². The molecule has 5 atom stereocenters. The van der Waals surface area contributed by atoms with Crippen LogP contribution in [-0.2, 0) is 14.3 Å². The van der Waals surface area contributed by atoms with Gasteiger partial charge in [-0.05, 0) is 31.1 Å². The van der Waals surface area contributed by atoms with Crippen LogP contribution >= 0.6 is 0 Å². The summed E-state index contributed by atoms with van der Waals surface area (Å²) in [7, 11) is 0. The van der Waals surface area contributed by atoms with Gasteiger partial charge in [-0.2, -0.15) is 0 Å². The molecular formula is C17H29NO3. The lowest BCUT2D eigenvalue weighted by Crippen LogP contribution is -2.36. The maximum absolute atomic E-state index is 12.2.